The molecule has 0 radical (unpaired) electrons. The minimum atomic E-state index is -0.876. The highest BCUT2D eigenvalue weighted by molar-refractivity contribution is 6.29. The molecule has 0 atom stereocenters. The lowest BCUT2D eigenvalue weighted by Crippen LogP contribution is -2.51. The molecule has 3 rings (SSSR count). The van der Waals surface area contributed by atoms with Gasteiger partial charge in [0, 0.05) is 0 Å². The Hall–Kier alpha value is -3.69. The molecule has 0 aromatic carbocycles. The zero-order valence-electron chi connectivity index (χ0n) is 15.1. The quantitative estimate of drug-likeness (QED) is 0.360. The van der Waals surface area contributed by atoms with Crippen molar-refractivity contribution in [1.29, 1.82) is 0 Å². The van der Waals surface area contributed by atoms with E-state index in [0.29, 0.717) is 24.0 Å². The molecule has 146 valence electrons. The molecule has 1 saturated heterocycles. The highest BCUT2D eigenvalue weighted by Gasteiger charge is 2.30. The number of allylic oxidation sites excluding steroid dienone is 4. The van der Waals surface area contributed by atoms with Crippen LogP contribution in [-0.4, -0.2) is 32.9 Å². The SMILES string of the molecule is CC1(C)CC(C=C2C(=O)NC(=O)NC2=O)=CC(=Cc2c(O)[nH]c(=O)[nH]c2=O)C1. The molecule has 1 fully saturated rings. The zero-order valence-corrected chi connectivity index (χ0v) is 15.1. The number of carbonyl (C=O) groups excluding carboxylic acids is 3. The summed E-state index contributed by atoms with van der Waals surface area (Å²) in [5.41, 5.74) is -0.842. The summed E-state index contributed by atoms with van der Waals surface area (Å²) in [4.78, 5) is 62.3. The lowest BCUT2D eigenvalue weighted by atomic mass is 9.74. The number of aromatic nitrogens is 2. The summed E-state index contributed by atoms with van der Waals surface area (Å²) in [5, 5.41) is 13.9. The fourth-order valence-corrected chi connectivity index (χ4v) is 3.29. The first-order chi connectivity index (χ1) is 13.0. The average Bonchev–Trinajstić information content (AvgIpc) is 2.53. The van der Waals surface area contributed by atoms with Crippen molar-refractivity contribution >= 4 is 23.9 Å². The van der Waals surface area contributed by atoms with Crippen LogP contribution < -0.4 is 21.9 Å². The molecule has 0 saturated carbocycles. The zero-order chi connectivity index (χ0) is 20.6. The van der Waals surface area contributed by atoms with Gasteiger partial charge in [0.25, 0.3) is 17.4 Å². The Morgan fingerprint density at radius 2 is 1.61 bits per heavy atom. The molecule has 28 heavy (non-hydrogen) atoms. The number of aromatic amines is 2. The van der Waals surface area contributed by atoms with Gasteiger partial charge in [0.05, 0.1) is 0 Å². The lowest BCUT2D eigenvalue weighted by Gasteiger charge is -2.31. The van der Waals surface area contributed by atoms with Crippen molar-refractivity contribution in [2.75, 3.05) is 0 Å². The van der Waals surface area contributed by atoms with Crippen molar-refractivity contribution in [2.45, 2.75) is 26.7 Å². The monoisotopic (exact) mass is 386 g/mol. The lowest BCUT2D eigenvalue weighted by molar-refractivity contribution is -0.124. The van der Waals surface area contributed by atoms with E-state index in [1.54, 1.807) is 6.08 Å². The van der Waals surface area contributed by atoms with Crippen molar-refractivity contribution in [3.8, 4) is 5.88 Å². The van der Waals surface area contributed by atoms with E-state index in [0.717, 1.165) is 0 Å². The normalized spacial score (nSPS) is 20.5. The Kier molecular flexibility index (Phi) is 4.63. The minimum absolute atomic E-state index is 0.102. The molecule has 2 heterocycles. The summed E-state index contributed by atoms with van der Waals surface area (Å²) >= 11 is 0. The van der Waals surface area contributed by atoms with Crippen LogP contribution >= 0.6 is 0 Å². The molecule has 1 aromatic heterocycles. The first kappa shape index (κ1) is 19.1. The second-order valence-electron chi connectivity index (χ2n) is 7.42. The summed E-state index contributed by atoms with van der Waals surface area (Å²) in [7, 11) is 0. The predicted octanol–water partition coefficient (Wildman–Crippen LogP) is 0.191. The number of urea groups is 1. The average molecular weight is 386 g/mol. The topological polar surface area (TPSA) is 161 Å². The van der Waals surface area contributed by atoms with Crippen molar-refractivity contribution in [3.05, 3.63) is 55.3 Å². The summed E-state index contributed by atoms with van der Waals surface area (Å²) in [5.74, 6) is -2.14. The Morgan fingerprint density at radius 1 is 0.964 bits per heavy atom. The smallest absolute Gasteiger partial charge is 0.328 e. The number of imide groups is 2. The fraction of sp³-hybridized carbons (Fsp3) is 0.278. The van der Waals surface area contributed by atoms with Crippen molar-refractivity contribution in [1.82, 2.24) is 20.6 Å². The van der Waals surface area contributed by atoms with E-state index in [9.17, 15) is 29.1 Å². The van der Waals surface area contributed by atoms with Gasteiger partial charge in [-0.05, 0) is 41.6 Å². The van der Waals surface area contributed by atoms with Crippen molar-refractivity contribution in [2.24, 2.45) is 5.41 Å². The first-order valence-corrected chi connectivity index (χ1v) is 8.39. The molecule has 1 aromatic rings. The molecule has 2 aliphatic rings. The van der Waals surface area contributed by atoms with E-state index in [1.165, 1.54) is 12.2 Å². The molecule has 0 bridgehead atoms. The third-order valence-corrected chi connectivity index (χ3v) is 4.30. The standard InChI is InChI=1S/C18H18N4O6/c1-18(2)6-8(4-10-12(23)19-16(27)20-13(10)24)3-9(7-18)5-11-14(25)21-17(28)22-15(11)26/h3-5H,6-7H2,1-2H3,(H2,19,20,23,24,27)(H3,21,22,25,26,28). The van der Waals surface area contributed by atoms with Crippen LogP contribution in [-0.2, 0) is 9.59 Å². The second-order valence-corrected chi connectivity index (χ2v) is 7.42. The number of aromatic hydroxyl groups is 1. The highest BCUT2D eigenvalue weighted by atomic mass is 16.3. The maximum absolute atomic E-state index is 12.0. The number of amides is 4. The van der Waals surface area contributed by atoms with E-state index in [4.69, 9.17) is 0 Å². The first-order valence-electron chi connectivity index (χ1n) is 8.39. The number of hydrogen-bond acceptors (Lipinski definition) is 6. The molecule has 0 unspecified atom stereocenters. The van der Waals surface area contributed by atoms with Gasteiger partial charge in [-0.2, -0.15) is 0 Å². The number of carbonyl (C=O) groups is 3. The summed E-state index contributed by atoms with van der Waals surface area (Å²) in [6.45, 7) is 3.93. The van der Waals surface area contributed by atoms with E-state index < -0.39 is 35.0 Å². The second kappa shape index (κ2) is 6.80. The summed E-state index contributed by atoms with van der Waals surface area (Å²) in [6.07, 6.45) is 5.61. The van der Waals surface area contributed by atoms with Gasteiger partial charge in [-0.1, -0.05) is 19.9 Å². The van der Waals surface area contributed by atoms with E-state index in [1.807, 2.05) is 29.5 Å². The number of nitrogens with one attached hydrogen (secondary N) is 4. The van der Waals surface area contributed by atoms with Gasteiger partial charge in [0.2, 0.25) is 5.88 Å². The molecule has 4 amide bonds. The Bertz CT molecular complexity index is 1080. The molecular formula is C18H18N4O6. The predicted molar refractivity (Wildman–Crippen MR) is 98.2 cm³/mol. The Morgan fingerprint density at radius 3 is 2.21 bits per heavy atom. The molecule has 10 heteroatoms. The van der Waals surface area contributed by atoms with Gasteiger partial charge in [0.15, 0.2) is 0 Å². The molecule has 5 N–H and O–H groups in total. The van der Waals surface area contributed by atoms with Gasteiger partial charge in [-0.15, -0.1) is 0 Å². The van der Waals surface area contributed by atoms with E-state index in [2.05, 4.69) is 4.98 Å². The number of barbiturate groups is 1. The van der Waals surface area contributed by atoms with Crippen LogP contribution in [0.4, 0.5) is 4.79 Å². The van der Waals surface area contributed by atoms with Crippen molar-refractivity contribution in [3.63, 3.8) is 0 Å². The fourth-order valence-electron chi connectivity index (χ4n) is 3.29. The summed E-state index contributed by atoms with van der Waals surface area (Å²) in [6, 6.07) is -0.876. The molecule has 1 aliphatic carbocycles. The summed E-state index contributed by atoms with van der Waals surface area (Å²) < 4.78 is 0. The number of H-pyrrole nitrogens is 2. The third kappa shape index (κ3) is 4.00. The molecule has 10 nitrogen and oxygen atoms in total. The van der Waals surface area contributed by atoms with Crippen molar-refractivity contribution < 1.29 is 19.5 Å². The van der Waals surface area contributed by atoms with Gasteiger partial charge in [-0.3, -0.25) is 35.0 Å². The van der Waals surface area contributed by atoms with Crippen LogP contribution in [0, 0.1) is 5.41 Å². The highest BCUT2D eigenvalue weighted by Crippen LogP contribution is 2.39. The van der Waals surface area contributed by atoms with E-state index in [-0.39, 0.29) is 16.6 Å². The Labute approximate surface area is 158 Å². The third-order valence-electron chi connectivity index (χ3n) is 4.30. The van der Waals surface area contributed by atoms with Crippen LogP contribution in [0.2, 0.25) is 0 Å². The van der Waals surface area contributed by atoms with Gasteiger partial charge in [0.1, 0.15) is 11.1 Å². The number of hydrogen-bond donors (Lipinski definition) is 5. The van der Waals surface area contributed by atoms with E-state index >= 15 is 0 Å². The van der Waals surface area contributed by atoms with Gasteiger partial charge < -0.3 is 5.11 Å². The largest absolute Gasteiger partial charge is 0.494 e. The van der Waals surface area contributed by atoms with Gasteiger partial charge >= 0.3 is 11.7 Å². The molecule has 0 spiro atoms. The maximum atomic E-state index is 12.0. The van der Waals surface area contributed by atoms with Crippen LogP contribution in [0.3, 0.4) is 0 Å². The van der Waals surface area contributed by atoms with Crippen LogP contribution in [0.5, 0.6) is 5.88 Å². The van der Waals surface area contributed by atoms with Crippen LogP contribution in [0.15, 0.2) is 38.5 Å². The minimum Gasteiger partial charge on any atom is -0.494 e. The van der Waals surface area contributed by atoms with Crippen LogP contribution in [0.1, 0.15) is 32.3 Å². The Balaban J connectivity index is 2.05. The molecule has 1 aliphatic heterocycles. The molecular weight excluding hydrogens is 368 g/mol. The van der Waals surface area contributed by atoms with Crippen LogP contribution in [0.25, 0.3) is 6.08 Å². The van der Waals surface area contributed by atoms with Gasteiger partial charge in [-0.25, -0.2) is 9.59 Å². The number of rotatable bonds is 2. The maximum Gasteiger partial charge on any atom is 0.328 e.